The Morgan fingerprint density at radius 2 is 0.878 bits per heavy atom. The first kappa shape index (κ1) is 46.8. The summed E-state index contributed by atoms with van der Waals surface area (Å²) in [7, 11) is 0. The van der Waals surface area contributed by atoms with Crippen molar-refractivity contribution < 1.29 is 24.3 Å². The highest BCUT2D eigenvalue weighted by Crippen LogP contribution is 2.16. The van der Waals surface area contributed by atoms with Gasteiger partial charge in [-0.25, -0.2) is 0 Å². The molecule has 2 N–H and O–H groups in total. The summed E-state index contributed by atoms with van der Waals surface area (Å²) in [5, 5.41) is 11.6. The molecule has 1 atom stereocenters. The number of carboxylic acid groups (broad SMARTS) is 1. The predicted molar refractivity (Wildman–Crippen MR) is 207 cm³/mol. The van der Waals surface area contributed by atoms with Crippen molar-refractivity contribution in [2.45, 2.75) is 213 Å². The van der Waals surface area contributed by atoms with Crippen LogP contribution >= 0.6 is 0 Å². The Balaban J connectivity index is 4.22. The normalized spacial score (nSPS) is 12.2. The second kappa shape index (κ2) is 37.0. The van der Waals surface area contributed by atoms with Crippen LogP contribution in [-0.4, -0.2) is 35.1 Å². The van der Waals surface area contributed by atoms with Gasteiger partial charge in [0.05, 0.1) is 6.42 Å². The van der Waals surface area contributed by atoms with Crippen LogP contribution in [0.3, 0.4) is 0 Å². The fourth-order valence-electron chi connectivity index (χ4n) is 6.19. The Hall–Kier alpha value is -2.24. The van der Waals surface area contributed by atoms with Crippen LogP contribution < -0.4 is 5.32 Å². The van der Waals surface area contributed by atoms with Gasteiger partial charge in [-0.15, -0.1) is 0 Å². The van der Waals surface area contributed by atoms with Gasteiger partial charge in [-0.3, -0.25) is 19.2 Å². The summed E-state index contributed by atoms with van der Waals surface area (Å²) in [6, 6.07) is 0. The smallest absolute Gasteiger partial charge is 0.303 e. The van der Waals surface area contributed by atoms with Crippen LogP contribution in [0.1, 0.15) is 213 Å². The maximum Gasteiger partial charge on any atom is 0.303 e. The van der Waals surface area contributed by atoms with E-state index in [1.165, 1.54) is 109 Å². The summed E-state index contributed by atoms with van der Waals surface area (Å²) in [6.45, 7) is 4.62. The van der Waals surface area contributed by atoms with E-state index in [0.29, 0.717) is 12.8 Å². The van der Waals surface area contributed by atoms with E-state index in [9.17, 15) is 19.2 Å². The van der Waals surface area contributed by atoms with Crippen molar-refractivity contribution in [2.75, 3.05) is 6.54 Å². The molecule has 284 valence electrons. The third-order valence-electron chi connectivity index (χ3n) is 9.44. The number of Topliss-reactive ketones (excluding diaryl/α,β-unsaturated/α-hetero) is 2. The van der Waals surface area contributed by atoms with E-state index >= 15 is 0 Å². The Bertz CT molecular complexity index is 864. The van der Waals surface area contributed by atoms with Gasteiger partial charge in [-0.1, -0.05) is 141 Å². The number of carboxylic acids is 1. The predicted octanol–water partition coefficient (Wildman–Crippen LogP) is 12.2. The standard InChI is InChI=1S/C43H77NO5/c1-3-5-7-9-11-13-15-17-19-21-23-25-27-29-31-33-40(45)37-39(38-44-42(47)35-36-43(48)49)41(46)34-32-30-28-26-24-22-20-18-16-14-12-10-8-6-4-2/h17-20,39H,3-16,21-38H2,1-2H3,(H,44,47)(H,48,49). The van der Waals surface area contributed by atoms with Gasteiger partial charge < -0.3 is 10.4 Å². The monoisotopic (exact) mass is 688 g/mol. The Morgan fingerprint density at radius 3 is 1.31 bits per heavy atom. The van der Waals surface area contributed by atoms with Crippen LogP contribution in [0.25, 0.3) is 0 Å². The van der Waals surface area contributed by atoms with Gasteiger partial charge in [0, 0.05) is 38.1 Å². The lowest BCUT2D eigenvalue weighted by molar-refractivity contribution is -0.139. The molecular formula is C43H77NO5. The quantitative estimate of drug-likeness (QED) is 0.0497. The summed E-state index contributed by atoms with van der Waals surface area (Å²) < 4.78 is 0. The van der Waals surface area contributed by atoms with Gasteiger partial charge in [-0.2, -0.15) is 0 Å². The molecule has 0 spiro atoms. The number of amides is 1. The molecule has 0 saturated carbocycles. The summed E-state index contributed by atoms with van der Waals surface area (Å²) in [4.78, 5) is 48.8. The average Bonchev–Trinajstić information content (AvgIpc) is 3.08. The molecule has 0 fully saturated rings. The van der Waals surface area contributed by atoms with E-state index in [1.807, 2.05) is 0 Å². The number of hydrogen-bond acceptors (Lipinski definition) is 4. The number of unbranched alkanes of at least 4 members (excludes halogenated alkanes) is 22. The topological polar surface area (TPSA) is 101 Å². The van der Waals surface area contributed by atoms with Gasteiger partial charge in [0.2, 0.25) is 5.91 Å². The van der Waals surface area contributed by atoms with Gasteiger partial charge in [0.1, 0.15) is 11.6 Å². The molecule has 0 heterocycles. The molecule has 1 unspecified atom stereocenters. The Morgan fingerprint density at radius 1 is 0.490 bits per heavy atom. The minimum Gasteiger partial charge on any atom is -0.481 e. The Kier molecular flexibility index (Phi) is 35.3. The number of allylic oxidation sites excluding steroid dienone is 4. The molecule has 0 bridgehead atoms. The summed E-state index contributed by atoms with van der Waals surface area (Å²) in [6.07, 6.45) is 41.3. The van der Waals surface area contributed by atoms with Crippen molar-refractivity contribution >= 4 is 23.4 Å². The third kappa shape index (κ3) is 35.4. The molecule has 0 aliphatic rings. The minimum absolute atomic E-state index is 0.0362. The SMILES string of the molecule is CCCCCCCCC=CCCCCCCCC(=O)CC(CNC(=O)CCC(=O)O)C(=O)CCCCCCCC=CCCCCCCCC. The Labute approximate surface area is 302 Å². The minimum atomic E-state index is -1.03. The van der Waals surface area contributed by atoms with E-state index < -0.39 is 11.9 Å². The van der Waals surface area contributed by atoms with Crippen molar-refractivity contribution in [3.8, 4) is 0 Å². The van der Waals surface area contributed by atoms with E-state index in [0.717, 1.165) is 57.8 Å². The number of carbonyl (C=O) groups excluding carboxylic acids is 3. The largest absolute Gasteiger partial charge is 0.481 e. The molecule has 0 aromatic rings. The number of rotatable bonds is 38. The maximum absolute atomic E-state index is 13.1. The molecule has 6 nitrogen and oxygen atoms in total. The zero-order valence-electron chi connectivity index (χ0n) is 32.1. The lowest BCUT2D eigenvalue weighted by Gasteiger charge is -2.16. The molecule has 49 heavy (non-hydrogen) atoms. The molecular weight excluding hydrogens is 610 g/mol. The zero-order valence-corrected chi connectivity index (χ0v) is 32.1. The fourth-order valence-corrected chi connectivity index (χ4v) is 6.19. The van der Waals surface area contributed by atoms with Crippen LogP contribution in [0.5, 0.6) is 0 Å². The highest BCUT2D eigenvalue weighted by Gasteiger charge is 2.22. The number of ketones is 2. The van der Waals surface area contributed by atoms with Gasteiger partial charge >= 0.3 is 5.97 Å². The van der Waals surface area contributed by atoms with Crippen LogP contribution in [-0.2, 0) is 19.2 Å². The molecule has 0 aromatic heterocycles. The first-order valence-electron chi connectivity index (χ1n) is 20.7. The van der Waals surface area contributed by atoms with E-state index in [2.05, 4.69) is 43.5 Å². The first-order valence-corrected chi connectivity index (χ1v) is 20.7. The van der Waals surface area contributed by atoms with E-state index in [1.54, 1.807) is 0 Å². The lowest BCUT2D eigenvalue weighted by atomic mass is 9.92. The lowest BCUT2D eigenvalue weighted by Crippen LogP contribution is -2.34. The van der Waals surface area contributed by atoms with Gasteiger partial charge in [-0.05, 0) is 64.2 Å². The maximum atomic E-state index is 13.1. The molecule has 0 rings (SSSR count). The van der Waals surface area contributed by atoms with Crippen molar-refractivity contribution in [1.29, 1.82) is 0 Å². The molecule has 0 saturated heterocycles. The third-order valence-corrected chi connectivity index (χ3v) is 9.44. The number of nitrogens with one attached hydrogen (secondary N) is 1. The van der Waals surface area contributed by atoms with Crippen LogP contribution in [0.15, 0.2) is 24.3 Å². The summed E-state index contributed by atoms with van der Waals surface area (Å²) >= 11 is 0. The highest BCUT2D eigenvalue weighted by atomic mass is 16.4. The van der Waals surface area contributed by atoms with E-state index in [-0.39, 0.29) is 43.3 Å². The van der Waals surface area contributed by atoms with Crippen molar-refractivity contribution in [3.63, 3.8) is 0 Å². The second-order valence-corrected chi connectivity index (χ2v) is 14.3. The van der Waals surface area contributed by atoms with Crippen LogP contribution in [0, 0.1) is 5.92 Å². The molecule has 0 aliphatic carbocycles. The van der Waals surface area contributed by atoms with Gasteiger partial charge in [0.15, 0.2) is 0 Å². The van der Waals surface area contributed by atoms with Crippen LogP contribution in [0.4, 0.5) is 0 Å². The zero-order chi connectivity index (χ0) is 36.0. The number of aliphatic carboxylic acids is 1. The van der Waals surface area contributed by atoms with E-state index in [4.69, 9.17) is 5.11 Å². The molecule has 6 heteroatoms. The molecule has 0 aliphatic heterocycles. The molecule has 0 radical (unpaired) electrons. The van der Waals surface area contributed by atoms with Crippen molar-refractivity contribution in [2.24, 2.45) is 5.92 Å². The fraction of sp³-hybridized carbons (Fsp3) is 0.814. The van der Waals surface area contributed by atoms with Gasteiger partial charge in [0.25, 0.3) is 0 Å². The number of carbonyl (C=O) groups is 4. The second-order valence-electron chi connectivity index (χ2n) is 14.3. The summed E-state index contributed by atoms with van der Waals surface area (Å²) in [5.74, 6) is -1.82. The van der Waals surface area contributed by atoms with Crippen molar-refractivity contribution in [3.05, 3.63) is 24.3 Å². The first-order chi connectivity index (χ1) is 23.9. The molecule has 0 aromatic carbocycles. The average molecular weight is 688 g/mol. The molecule has 1 amide bonds. The van der Waals surface area contributed by atoms with Crippen LogP contribution in [0.2, 0.25) is 0 Å². The van der Waals surface area contributed by atoms with Crippen molar-refractivity contribution in [1.82, 2.24) is 5.32 Å². The highest BCUT2D eigenvalue weighted by molar-refractivity contribution is 5.89. The number of hydrogen-bond donors (Lipinski definition) is 2. The summed E-state index contributed by atoms with van der Waals surface area (Å²) in [5.41, 5.74) is 0.